The molecule has 2 N–H and O–H groups in total. The van der Waals surface area contributed by atoms with Gasteiger partial charge in [-0.3, -0.25) is 4.21 Å². The van der Waals surface area contributed by atoms with Crippen molar-refractivity contribution in [2.75, 3.05) is 25.1 Å². The fraction of sp³-hybridized carbons (Fsp3) is 0.588. The third-order valence-corrected chi connectivity index (χ3v) is 4.68. The van der Waals surface area contributed by atoms with E-state index in [1.807, 2.05) is 24.3 Å². The number of ether oxygens (including phenoxy) is 1. The van der Waals surface area contributed by atoms with Crippen LogP contribution in [0.5, 0.6) is 5.75 Å². The van der Waals surface area contributed by atoms with Crippen molar-refractivity contribution in [3.05, 3.63) is 29.8 Å². The summed E-state index contributed by atoms with van der Waals surface area (Å²) in [5, 5.41) is 5.48. The fourth-order valence-corrected chi connectivity index (χ4v) is 3.01. The van der Waals surface area contributed by atoms with Crippen molar-refractivity contribution in [2.24, 2.45) is 0 Å². The first-order chi connectivity index (χ1) is 11.1. The maximum atomic E-state index is 11.5. The standard InChI is InChI=1S/C17H26N2O3S/c1-23(21)13-12-19-17(20)18-11-10-14-6-8-16(9-7-14)22-15-4-2-3-5-15/h6-9,15H,2-5,10-13H2,1H3,(H2,18,19,20). The Morgan fingerprint density at radius 3 is 2.48 bits per heavy atom. The molecule has 0 radical (unpaired) electrons. The first-order valence-corrected chi connectivity index (χ1v) is 9.93. The van der Waals surface area contributed by atoms with Crippen LogP contribution in [0, 0.1) is 0 Å². The molecule has 6 heteroatoms. The second-order valence-corrected chi connectivity index (χ2v) is 7.43. The Balaban J connectivity index is 1.63. The van der Waals surface area contributed by atoms with Gasteiger partial charge in [0.05, 0.1) is 6.10 Å². The van der Waals surface area contributed by atoms with Crippen molar-refractivity contribution >= 4 is 16.8 Å². The summed E-state index contributed by atoms with van der Waals surface area (Å²) < 4.78 is 16.8. The Morgan fingerprint density at radius 2 is 1.83 bits per heavy atom. The van der Waals surface area contributed by atoms with E-state index in [4.69, 9.17) is 4.74 Å². The number of amides is 2. The maximum absolute atomic E-state index is 11.5. The van der Waals surface area contributed by atoms with Crippen molar-refractivity contribution in [3.8, 4) is 5.75 Å². The van der Waals surface area contributed by atoms with E-state index in [1.165, 1.54) is 18.4 Å². The molecule has 1 aliphatic carbocycles. The van der Waals surface area contributed by atoms with E-state index in [9.17, 15) is 9.00 Å². The lowest BCUT2D eigenvalue weighted by molar-refractivity contribution is 0.210. The van der Waals surface area contributed by atoms with Crippen LogP contribution in [0.15, 0.2) is 24.3 Å². The largest absolute Gasteiger partial charge is 0.490 e. The van der Waals surface area contributed by atoms with E-state index in [-0.39, 0.29) is 6.03 Å². The van der Waals surface area contributed by atoms with Crippen LogP contribution in [0.25, 0.3) is 0 Å². The Morgan fingerprint density at radius 1 is 1.17 bits per heavy atom. The molecule has 23 heavy (non-hydrogen) atoms. The summed E-state index contributed by atoms with van der Waals surface area (Å²) in [7, 11) is -0.876. The summed E-state index contributed by atoms with van der Waals surface area (Å²) in [6, 6.07) is 7.89. The minimum absolute atomic E-state index is 0.211. The Bertz CT molecular complexity index is 513. The average molecular weight is 338 g/mol. The molecule has 1 unspecified atom stereocenters. The number of carbonyl (C=O) groups is 1. The summed E-state index contributed by atoms with van der Waals surface area (Å²) in [5.74, 6) is 1.41. The topological polar surface area (TPSA) is 67.4 Å². The second-order valence-electron chi connectivity index (χ2n) is 5.88. The highest BCUT2D eigenvalue weighted by Crippen LogP contribution is 2.24. The van der Waals surface area contributed by atoms with Gasteiger partial charge in [-0.15, -0.1) is 0 Å². The molecular formula is C17H26N2O3S. The quantitative estimate of drug-likeness (QED) is 0.764. The Kier molecular flexibility index (Phi) is 7.39. The van der Waals surface area contributed by atoms with E-state index >= 15 is 0 Å². The highest BCUT2D eigenvalue weighted by molar-refractivity contribution is 7.84. The van der Waals surface area contributed by atoms with E-state index in [2.05, 4.69) is 10.6 Å². The zero-order valence-electron chi connectivity index (χ0n) is 13.7. The molecule has 1 atom stereocenters. The third kappa shape index (κ3) is 7.03. The average Bonchev–Trinajstić information content (AvgIpc) is 3.01. The van der Waals surface area contributed by atoms with Gasteiger partial charge in [0.2, 0.25) is 0 Å². The molecular weight excluding hydrogens is 312 g/mol. The van der Waals surface area contributed by atoms with Crippen LogP contribution in [0.3, 0.4) is 0 Å². The molecule has 128 valence electrons. The van der Waals surface area contributed by atoms with Gasteiger partial charge in [-0.2, -0.15) is 0 Å². The molecule has 0 aliphatic heterocycles. The van der Waals surface area contributed by atoms with E-state index in [0.29, 0.717) is 24.9 Å². The molecule has 0 bridgehead atoms. The van der Waals surface area contributed by atoms with Gasteiger partial charge in [-0.25, -0.2) is 4.79 Å². The predicted octanol–water partition coefficient (Wildman–Crippen LogP) is 2.23. The van der Waals surface area contributed by atoms with Gasteiger partial charge in [0.15, 0.2) is 0 Å². The molecule has 1 fully saturated rings. The van der Waals surface area contributed by atoms with E-state index in [1.54, 1.807) is 6.26 Å². The van der Waals surface area contributed by atoms with Gasteiger partial charge in [0.1, 0.15) is 5.75 Å². The molecule has 5 nitrogen and oxygen atoms in total. The number of nitrogens with one attached hydrogen (secondary N) is 2. The number of rotatable bonds is 8. The van der Waals surface area contributed by atoms with Crippen molar-refractivity contribution in [3.63, 3.8) is 0 Å². The SMILES string of the molecule is CS(=O)CCNC(=O)NCCc1ccc(OC2CCCC2)cc1. The summed E-state index contributed by atoms with van der Waals surface area (Å²) >= 11 is 0. The number of urea groups is 1. The fourth-order valence-electron chi connectivity index (χ4n) is 2.62. The minimum atomic E-state index is -0.876. The smallest absolute Gasteiger partial charge is 0.314 e. The number of carbonyl (C=O) groups excluding carboxylic acids is 1. The van der Waals surface area contributed by atoms with Crippen molar-refractivity contribution in [2.45, 2.75) is 38.2 Å². The first kappa shape index (κ1) is 17.8. The normalized spacial score (nSPS) is 16.0. The molecule has 1 aliphatic rings. The highest BCUT2D eigenvalue weighted by Gasteiger charge is 2.16. The van der Waals surface area contributed by atoms with Gasteiger partial charge in [-0.05, 0) is 49.8 Å². The second kappa shape index (κ2) is 9.55. The van der Waals surface area contributed by atoms with Crippen LogP contribution >= 0.6 is 0 Å². The number of hydrogen-bond donors (Lipinski definition) is 2. The van der Waals surface area contributed by atoms with Crippen LogP contribution in [0.2, 0.25) is 0 Å². The zero-order valence-corrected chi connectivity index (χ0v) is 14.5. The predicted molar refractivity (Wildman–Crippen MR) is 93.4 cm³/mol. The molecule has 1 saturated carbocycles. The van der Waals surface area contributed by atoms with E-state index < -0.39 is 10.8 Å². The summed E-state index contributed by atoms with van der Waals surface area (Å²) in [6.45, 7) is 1.01. The van der Waals surface area contributed by atoms with Gasteiger partial charge < -0.3 is 15.4 Å². The Hall–Kier alpha value is -1.56. The lowest BCUT2D eigenvalue weighted by atomic mass is 10.1. The maximum Gasteiger partial charge on any atom is 0.314 e. The molecule has 1 aromatic rings. The number of benzene rings is 1. The van der Waals surface area contributed by atoms with Gasteiger partial charge in [-0.1, -0.05) is 12.1 Å². The molecule has 2 rings (SSSR count). The highest BCUT2D eigenvalue weighted by atomic mass is 32.2. The minimum Gasteiger partial charge on any atom is -0.490 e. The first-order valence-electron chi connectivity index (χ1n) is 8.21. The van der Waals surface area contributed by atoms with Gasteiger partial charge in [0.25, 0.3) is 0 Å². The van der Waals surface area contributed by atoms with Gasteiger partial charge in [0, 0.05) is 35.9 Å². The monoisotopic (exact) mass is 338 g/mol. The molecule has 0 heterocycles. The summed E-state index contributed by atoms with van der Waals surface area (Å²) in [6.07, 6.45) is 7.63. The molecule has 2 amide bonds. The third-order valence-electron chi connectivity index (χ3n) is 3.90. The van der Waals surface area contributed by atoms with Crippen LogP contribution < -0.4 is 15.4 Å². The molecule has 1 aromatic carbocycles. The molecule has 0 spiro atoms. The lowest BCUT2D eigenvalue weighted by Crippen LogP contribution is -2.38. The lowest BCUT2D eigenvalue weighted by Gasteiger charge is -2.13. The number of hydrogen-bond acceptors (Lipinski definition) is 3. The van der Waals surface area contributed by atoms with Crippen molar-refractivity contribution < 1.29 is 13.7 Å². The van der Waals surface area contributed by atoms with Crippen LogP contribution in [-0.2, 0) is 17.2 Å². The molecule has 0 aromatic heterocycles. The Labute approximate surface area is 140 Å². The van der Waals surface area contributed by atoms with Crippen molar-refractivity contribution in [1.29, 1.82) is 0 Å². The van der Waals surface area contributed by atoms with Crippen LogP contribution in [-0.4, -0.2) is 41.4 Å². The molecule has 0 saturated heterocycles. The van der Waals surface area contributed by atoms with E-state index in [0.717, 1.165) is 25.0 Å². The zero-order chi connectivity index (χ0) is 16.5. The van der Waals surface area contributed by atoms with Gasteiger partial charge >= 0.3 is 6.03 Å². The van der Waals surface area contributed by atoms with Crippen LogP contribution in [0.4, 0.5) is 4.79 Å². The summed E-state index contributed by atoms with van der Waals surface area (Å²) in [4.78, 5) is 11.5. The summed E-state index contributed by atoms with van der Waals surface area (Å²) in [5.41, 5.74) is 1.17. The van der Waals surface area contributed by atoms with Crippen molar-refractivity contribution in [1.82, 2.24) is 10.6 Å². The van der Waals surface area contributed by atoms with Crippen LogP contribution in [0.1, 0.15) is 31.2 Å².